The number of nitro benzene ring substituents is 4. The highest BCUT2D eigenvalue weighted by Crippen LogP contribution is 2.39. The van der Waals surface area contributed by atoms with Crippen LogP contribution >= 0.6 is 0 Å². The summed E-state index contributed by atoms with van der Waals surface area (Å²) in [4.78, 5) is 40.0. The molecule has 0 amide bonds. The third-order valence-electron chi connectivity index (χ3n) is 2.98. The van der Waals surface area contributed by atoms with E-state index in [1.807, 2.05) is 0 Å². The molecule has 25 heavy (non-hydrogen) atoms. The minimum absolute atomic E-state index is 0.417. The fraction of sp³-hybridized carbons (Fsp3) is 0. The summed E-state index contributed by atoms with van der Waals surface area (Å²) in [6.45, 7) is 0. The molecule has 2 aromatic rings. The Morgan fingerprint density at radius 1 is 0.680 bits per heavy atom. The number of benzene rings is 2. The summed E-state index contributed by atoms with van der Waals surface area (Å²) in [6.07, 6.45) is 0. The Kier molecular flexibility index (Phi) is 4.49. The number of nitrogens with zero attached hydrogens (tertiary/aromatic N) is 5. The van der Waals surface area contributed by atoms with Gasteiger partial charge in [-0.25, -0.2) is 5.32 Å². The van der Waals surface area contributed by atoms with Gasteiger partial charge in [-0.05, 0) is 12.1 Å². The first-order chi connectivity index (χ1) is 11.7. The van der Waals surface area contributed by atoms with Crippen LogP contribution in [0.5, 0.6) is 0 Å². The van der Waals surface area contributed by atoms with Gasteiger partial charge in [0.2, 0.25) is 0 Å². The highest BCUT2D eigenvalue weighted by molar-refractivity contribution is 5.73. The fourth-order valence-corrected chi connectivity index (χ4v) is 1.94. The van der Waals surface area contributed by atoms with Crippen LogP contribution in [0.25, 0.3) is 0 Å². The first-order valence-electron chi connectivity index (χ1n) is 6.28. The van der Waals surface area contributed by atoms with Gasteiger partial charge in [0.25, 0.3) is 5.69 Å². The molecule has 0 saturated carbocycles. The molecule has 0 bridgehead atoms. The highest BCUT2D eigenvalue weighted by Gasteiger charge is 2.30. The molecule has 2 rings (SSSR count). The molecule has 0 aliphatic heterocycles. The van der Waals surface area contributed by atoms with E-state index in [0.29, 0.717) is 6.07 Å². The maximum atomic E-state index is 11.1. The Labute approximate surface area is 137 Å². The van der Waals surface area contributed by atoms with Crippen molar-refractivity contribution in [1.29, 1.82) is 0 Å². The molecule has 0 saturated heterocycles. The summed E-state index contributed by atoms with van der Waals surface area (Å²) in [6, 6.07) is 5.58. The molecule has 127 valence electrons. The lowest BCUT2D eigenvalue weighted by Gasteiger charge is -2.05. The van der Waals surface area contributed by atoms with Gasteiger partial charge in [0.15, 0.2) is 0 Å². The zero-order valence-electron chi connectivity index (χ0n) is 12.0. The Balaban J connectivity index is 2.59. The SMILES string of the molecule is O=[N+]([O-])c1ccc([N]c2cccc([N+](=O)[O-])c2[N+](=O)[O-])c([N+](=O)[O-])c1. The van der Waals surface area contributed by atoms with Crippen LogP contribution in [-0.4, -0.2) is 19.7 Å². The molecule has 13 heteroatoms. The van der Waals surface area contributed by atoms with Crippen molar-refractivity contribution in [2.45, 2.75) is 0 Å². The van der Waals surface area contributed by atoms with E-state index >= 15 is 0 Å². The summed E-state index contributed by atoms with van der Waals surface area (Å²) in [5, 5.41) is 47.5. The molecule has 0 N–H and O–H groups in total. The van der Waals surface area contributed by atoms with Crippen molar-refractivity contribution < 1.29 is 19.7 Å². The van der Waals surface area contributed by atoms with E-state index < -0.39 is 53.8 Å². The first kappa shape index (κ1) is 17.2. The molecule has 0 fully saturated rings. The van der Waals surface area contributed by atoms with E-state index in [9.17, 15) is 40.5 Å². The van der Waals surface area contributed by atoms with Crippen LogP contribution in [0.15, 0.2) is 36.4 Å². The third-order valence-corrected chi connectivity index (χ3v) is 2.98. The largest absolute Gasteiger partial charge is 0.371 e. The van der Waals surface area contributed by atoms with Crippen LogP contribution in [0.1, 0.15) is 0 Å². The van der Waals surface area contributed by atoms with Crippen molar-refractivity contribution in [2.75, 3.05) is 0 Å². The second-order valence-electron chi connectivity index (χ2n) is 4.46. The topological polar surface area (TPSA) is 187 Å². The van der Waals surface area contributed by atoms with Gasteiger partial charge in [-0.15, -0.1) is 0 Å². The molecule has 0 spiro atoms. The molecular formula is C12H6N5O8. The number of rotatable bonds is 6. The zero-order valence-corrected chi connectivity index (χ0v) is 12.0. The van der Waals surface area contributed by atoms with E-state index in [1.54, 1.807) is 0 Å². The average molecular weight is 348 g/mol. The molecule has 0 aromatic heterocycles. The van der Waals surface area contributed by atoms with Gasteiger partial charge in [0.05, 0.1) is 25.8 Å². The number of hydrogen-bond acceptors (Lipinski definition) is 8. The van der Waals surface area contributed by atoms with E-state index in [-0.39, 0.29) is 0 Å². The van der Waals surface area contributed by atoms with E-state index in [4.69, 9.17) is 0 Å². The van der Waals surface area contributed by atoms with Crippen molar-refractivity contribution in [3.8, 4) is 0 Å². The standard InChI is InChI=1S/C12H6N5O8/c18-14(19)7-4-5-8(11(6-7)16(22)23)13-9-2-1-3-10(15(20)21)12(9)17(24)25/h1-6H. The maximum absolute atomic E-state index is 11.1. The summed E-state index contributed by atoms with van der Waals surface area (Å²) < 4.78 is 0. The van der Waals surface area contributed by atoms with Crippen LogP contribution in [0, 0.1) is 40.5 Å². The second-order valence-corrected chi connectivity index (χ2v) is 4.46. The molecule has 0 unspecified atom stereocenters. The van der Waals surface area contributed by atoms with Crippen molar-refractivity contribution in [3.63, 3.8) is 0 Å². The molecule has 1 radical (unpaired) electrons. The normalized spacial score (nSPS) is 10.1. The van der Waals surface area contributed by atoms with Crippen LogP contribution in [0.4, 0.5) is 34.1 Å². The molecule has 0 atom stereocenters. The smallest absolute Gasteiger partial charge is 0.258 e. The number of hydrogen-bond donors (Lipinski definition) is 0. The minimum Gasteiger partial charge on any atom is -0.258 e. The third kappa shape index (κ3) is 3.44. The Morgan fingerprint density at radius 3 is 1.84 bits per heavy atom. The summed E-state index contributed by atoms with van der Waals surface area (Å²) >= 11 is 0. The van der Waals surface area contributed by atoms with Gasteiger partial charge < -0.3 is 0 Å². The summed E-state index contributed by atoms with van der Waals surface area (Å²) in [5.74, 6) is 0. The van der Waals surface area contributed by atoms with Gasteiger partial charge in [0.1, 0.15) is 11.4 Å². The zero-order chi connectivity index (χ0) is 18.7. The van der Waals surface area contributed by atoms with Crippen LogP contribution in [0.3, 0.4) is 0 Å². The number of non-ortho nitro benzene ring substituents is 1. The van der Waals surface area contributed by atoms with Gasteiger partial charge in [-0.1, -0.05) is 6.07 Å². The first-order valence-corrected chi connectivity index (χ1v) is 6.28. The molecule has 2 aromatic carbocycles. The molecule has 0 aliphatic carbocycles. The van der Waals surface area contributed by atoms with Crippen LogP contribution in [-0.2, 0) is 0 Å². The molecule has 13 nitrogen and oxygen atoms in total. The maximum Gasteiger partial charge on any atom is 0.371 e. The van der Waals surface area contributed by atoms with Gasteiger partial charge in [-0.2, -0.15) is 0 Å². The van der Waals surface area contributed by atoms with Crippen LogP contribution in [0.2, 0.25) is 0 Å². The van der Waals surface area contributed by atoms with E-state index in [1.165, 1.54) is 0 Å². The number of para-hydroxylation sites is 1. The highest BCUT2D eigenvalue weighted by atomic mass is 16.6. The Hall–Kier alpha value is -4.16. The average Bonchev–Trinajstić information content (AvgIpc) is 2.54. The predicted molar refractivity (Wildman–Crippen MR) is 81.0 cm³/mol. The van der Waals surface area contributed by atoms with E-state index in [0.717, 1.165) is 30.3 Å². The minimum atomic E-state index is -1.03. The molecule has 0 aliphatic rings. The second kappa shape index (κ2) is 6.53. The van der Waals surface area contributed by atoms with Gasteiger partial charge in [-0.3, -0.25) is 40.5 Å². The van der Waals surface area contributed by atoms with Crippen LogP contribution < -0.4 is 5.32 Å². The monoisotopic (exact) mass is 348 g/mol. The summed E-state index contributed by atoms with van der Waals surface area (Å²) in [5.41, 5.74) is -4.03. The van der Waals surface area contributed by atoms with Crippen molar-refractivity contribution in [2.24, 2.45) is 0 Å². The quantitative estimate of drug-likeness (QED) is 0.562. The molecular weight excluding hydrogens is 342 g/mol. The lowest BCUT2D eigenvalue weighted by atomic mass is 10.2. The fourth-order valence-electron chi connectivity index (χ4n) is 1.94. The number of nitro groups is 4. The van der Waals surface area contributed by atoms with Gasteiger partial charge >= 0.3 is 17.1 Å². The van der Waals surface area contributed by atoms with E-state index in [2.05, 4.69) is 5.32 Å². The van der Waals surface area contributed by atoms with Gasteiger partial charge in [0, 0.05) is 12.1 Å². The lowest BCUT2D eigenvalue weighted by molar-refractivity contribution is -0.422. The molecule has 0 heterocycles. The predicted octanol–water partition coefficient (Wildman–Crippen LogP) is 2.89. The summed E-state index contributed by atoms with van der Waals surface area (Å²) in [7, 11) is 0. The van der Waals surface area contributed by atoms with Crippen molar-refractivity contribution in [1.82, 2.24) is 5.32 Å². The Morgan fingerprint density at radius 2 is 1.32 bits per heavy atom. The van der Waals surface area contributed by atoms with Crippen molar-refractivity contribution >= 4 is 34.1 Å². The Bertz CT molecular complexity index is 912. The lowest BCUT2D eigenvalue weighted by Crippen LogP contribution is -2.02. The van der Waals surface area contributed by atoms with Crippen molar-refractivity contribution in [3.05, 3.63) is 76.9 Å².